The zero-order valence-corrected chi connectivity index (χ0v) is 10.9. The number of carbonyl (C=O) groups is 1. The fourth-order valence-corrected chi connectivity index (χ4v) is 1.36. The van der Waals surface area contributed by atoms with Crippen LogP contribution in [0.5, 0.6) is 0 Å². The Morgan fingerprint density at radius 2 is 2.00 bits per heavy atom. The third-order valence-electron chi connectivity index (χ3n) is 3.10. The normalized spacial score (nSPS) is 11.1. The van der Waals surface area contributed by atoms with Gasteiger partial charge >= 0.3 is 0 Å². The van der Waals surface area contributed by atoms with Gasteiger partial charge in [0, 0.05) is 12.6 Å². The Kier molecular flexibility index (Phi) is 4.43. The van der Waals surface area contributed by atoms with Gasteiger partial charge in [0.15, 0.2) is 0 Å². The molecule has 5 heteroatoms. The second-order valence-electron chi connectivity index (χ2n) is 4.26. The Morgan fingerprint density at radius 3 is 2.53 bits per heavy atom. The summed E-state index contributed by atoms with van der Waals surface area (Å²) in [4.78, 5) is 20.1. The fraction of sp³-hybridized carbons (Fsp3) is 0.583. The van der Waals surface area contributed by atoms with E-state index in [4.69, 9.17) is 0 Å². The van der Waals surface area contributed by atoms with Gasteiger partial charge in [0.2, 0.25) is 0 Å². The standard InChI is InChI=1S/C12H20N4O/c1-5-12(3,6-2)16-11(17)9-7-14-8-10(13-4)15-9/h7-8H,5-6H2,1-4H3,(H,13,15)(H,16,17). The van der Waals surface area contributed by atoms with Gasteiger partial charge in [0.1, 0.15) is 11.5 Å². The summed E-state index contributed by atoms with van der Waals surface area (Å²) in [5, 5.41) is 5.85. The molecule has 0 aliphatic rings. The molecule has 0 unspecified atom stereocenters. The quantitative estimate of drug-likeness (QED) is 0.818. The van der Waals surface area contributed by atoms with Gasteiger partial charge in [-0.05, 0) is 19.8 Å². The Bertz CT molecular complexity index is 388. The van der Waals surface area contributed by atoms with Crippen molar-refractivity contribution in [2.75, 3.05) is 12.4 Å². The summed E-state index contributed by atoms with van der Waals surface area (Å²) in [7, 11) is 1.74. The van der Waals surface area contributed by atoms with E-state index in [1.165, 1.54) is 6.20 Å². The van der Waals surface area contributed by atoms with E-state index in [0.717, 1.165) is 12.8 Å². The van der Waals surface area contributed by atoms with Crippen LogP contribution in [0.15, 0.2) is 12.4 Å². The molecule has 0 aromatic carbocycles. The Balaban J connectivity index is 2.82. The van der Waals surface area contributed by atoms with E-state index in [9.17, 15) is 4.79 Å². The first kappa shape index (κ1) is 13.4. The fourth-order valence-electron chi connectivity index (χ4n) is 1.36. The second kappa shape index (κ2) is 5.61. The molecule has 1 aromatic rings. The van der Waals surface area contributed by atoms with E-state index in [1.54, 1.807) is 13.2 Å². The van der Waals surface area contributed by atoms with Crippen molar-refractivity contribution < 1.29 is 4.79 Å². The predicted octanol–water partition coefficient (Wildman–Crippen LogP) is 1.83. The number of nitrogens with zero attached hydrogens (tertiary/aromatic N) is 2. The SMILES string of the molecule is CCC(C)(CC)NC(=O)c1cncc(NC)n1. The van der Waals surface area contributed by atoms with E-state index in [-0.39, 0.29) is 11.4 Å². The molecule has 0 aliphatic heterocycles. The second-order valence-corrected chi connectivity index (χ2v) is 4.26. The first-order chi connectivity index (χ1) is 8.04. The maximum absolute atomic E-state index is 12.0. The summed E-state index contributed by atoms with van der Waals surface area (Å²) in [5.74, 6) is 0.410. The van der Waals surface area contributed by atoms with Crippen molar-refractivity contribution in [3.05, 3.63) is 18.1 Å². The molecule has 1 rings (SSSR count). The zero-order chi connectivity index (χ0) is 12.9. The van der Waals surface area contributed by atoms with Gasteiger partial charge in [-0.1, -0.05) is 13.8 Å². The van der Waals surface area contributed by atoms with Crippen LogP contribution >= 0.6 is 0 Å². The molecular formula is C12H20N4O. The molecule has 0 atom stereocenters. The van der Waals surface area contributed by atoms with Crippen LogP contribution in [0.4, 0.5) is 5.82 Å². The lowest BCUT2D eigenvalue weighted by Crippen LogP contribution is -2.45. The lowest BCUT2D eigenvalue weighted by atomic mass is 9.95. The molecule has 0 fully saturated rings. The van der Waals surface area contributed by atoms with Gasteiger partial charge < -0.3 is 10.6 Å². The molecule has 17 heavy (non-hydrogen) atoms. The largest absolute Gasteiger partial charge is 0.372 e. The topological polar surface area (TPSA) is 66.9 Å². The average molecular weight is 236 g/mol. The number of aromatic nitrogens is 2. The van der Waals surface area contributed by atoms with Crippen LogP contribution in [-0.4, -0.2) is 28.5 Å². The third kappa shape index (κ3) is 3.41. The molecule has 5 nitrogen and oxygen atoms in total. The van der Waals surface area contributed by atoms with Gasteiger partial charge in [0.25, 0.3) is 5.91 Å². The highest BCUT2D eigenvalue weighted by atomic mass is 16.2. The van der Waals surface area contributed by atoms with Gasteiger partial charge in [-0.3, -0.25) is 9.78 Å². The first-order valence-electron chi connectivity index (χ1n) is 5.87. The molecule has 0 saturated heterocycles. The van der Waals surface area contributed by atoms with Crippen LogP contribution in [0.2, 0.25) is 0 Å². The maximum atomic E-state index is 12.0. The number of rotatable bonds is 5. The summed E-state index contributed by atoms with van der Waals surface area (Å²) in [6, 6.07) is 0. The number of carbonyl (C=O) groups excluding carboxylic acids is 1. The lowest BCUT2D eigenvalue weighted by molar-refractivity contribution is 0.0895. The van der Waals surface area contributed by atoms with E-state index < -0.39 is 0 Å². The molecule has 94 valence electrons. The molecule has 1 aromatic heterocycles. The van der Waals surface area contributed by atoms with Crippen molar-refractivity contribution >= 4 is 11.7 Å². The van der Waals surface area contributed by atoms with Crippen molar-refractivity contribution in [3.63, 3.8) is 0 Å². The smallest absolute Gasteiger partial charge is 0.271 e. The van der Waals surface area contributed by atoms with E-state index in [0.29, 0.717) is 11.5 Å². The molecule has 0 spiro atoms. The van der Waals surface area contributed by atoms with Gasteiger partial charge in [-0.25, -0.2) is 4.98 Å². The van der Waals surface area contributed by atoms with Crippen molar-refractivity contribution in [1.82, 2.24) is 15.3 Å². The van der Waals surface area contributed by atoms with Crippen LogP contribution in [0.25, 0.3) is 0 Å². The van der Waals surface area contributed by atoms with Crippen molar-refractivity contribution in [2.45, 2.75) is 39.2 Å². The molecule has 2 N–H and O–H groups in total. The first-order valence-corrected chi connectivity index (χ1v) is 5.87. The Hall–Kier alpha value is -1.65. The average Bonchev–Trinajstić information content (AvgIpc) is 2.38. The van der Waals surface area contributed by atoms with E-state index >= 15 is 0 Å². The number of amides is 1. The predicted molar refractivity (Wildman–Crippen MR) is 68.0 cm³/mol. The van der Waals surface area contributed by atoms with Gasteiger partial charge in [-0.2, -0.15) is 0 Å². The number of hydrogen-bond donors (Lipinski definition) is 2. The molecule has 0 saturated carbocycles. The van der Waals surface area contributed by atoms with Crippen LogP contribution in [0, 0.1) is 0 Å². The van der Waals surface area contributed by atoms with E-state index in [2.05, 4.69) is 34.4 Å². The lowest BCUT2D eigenvalue weighted by Gasteiger charge is -2.27. The summed E-state index contributed by atoms with van der Waals surface area (Å²) in [6.45, 7) is 6.14. The van der Waals surface area contributed by atoms with E-state index in [1.807, 2.05) is 6.92 Å². The highest BCUT2D eigenvalue weighted by Crippen LogP contribution is 2.14. The summed E-state index contributed by atoms with van der Waals surface area (Å²) < 4.78 is 0. The van der Waals surface area contributed by atoms with Crippen LogP contribution in [0.1, 0.15) is 44.1 Å². The summed E-state index contributed by atoms with van der Waals surface area (Å²) in [5.41, 5.74) is 0.152. The number of anilines is 1. The van der Waals surface area contributed by atoms with Crippen molar-refractivity contribution in [1.29, 1.82) is 0 Å². The van der Waals surface area contributed by atoms with Crippen LogP contribution < -0.4 is 10.6 Å². The third-order valence-corrected chi connectivity index (χ3v) is 3.10. The minimum atomic E-state index is -0.186. The molecule has 0 radical (unpaired) electrons. The minimum Gasteiger partial charge on any atom is -0.372 e. The van der Waals surface area contributed by atoms with Crippen LogP contribution in [-0.2, 0) is 0 Å². The Morgan fingerprint density at radius 1 is 1.35 bits per heavy atom. The molecule has 1 heterocycles. The summed E-state index contributed by atoms with van der Waals surface area (Å²) in [6.07, 6.45) is 4.82. The van der Waals surface area contributed by atoms with Crippen molar-refractivity contribution in [2.24, 2.45) is 0 Å². The number of hydrogen-bond acceptors (Lipinski definition) is 4. The Labute approximate surface area is 102 Å². The minimum absolute atomic E-state index is 0.180. The van der Waals surface area contributed by atoms with Gasteiger partial charge in [0.05, 0.1) is 12.4 Å². The molecule has 1 amide bonds. The van der Waals surface area contributed by atoms with Crippen LogP contribution in [0.3, 0.4) is 0 Å². The van der Waals surface area contributed by atoms with Crippen molar-refractivity contribution in [3.8, 4) is 0 Å². The molecule has 0 bridgehead atoms. The molecule has 0 aliphatic carbocycles. The highest BCUT2D eigenvalue weighted by molar-refractivity contribution is 5.92. The monoisotopic (exact) mass is 236 g/mol. The zero-order valence-electron chi connectivity index (χ0n) is 10.9. The summed E-state index contributed by atoms with van der Waals surface area (Å²) >= 11 is 0. The maximum Gasteiger partial charge on any atom is 0.271 e. The molecular weight excluding hydrogens is 216 g/mol. The van der Waals surface area contributed by atoms with Gasteiger partial charge in [-0.15, -0.1) is 0 Å². The highest BCUT2D eigenvalue weighted by Gasteiger charge is 2.23. The number of nitrogens with one attached hydrogen (secondary N) is 2.